The van der Waals surface area contributed by atoms with Crippen LogP contribution in [0.25, 0.3) is 21.8 Å². The molecular weight excluding hydrogens is 426 g/mol. The molecular formula is C27H31N5O2. The van der Waals surface area contributed by atoms with Gasteiger partial charge in [-0.05, 0) is 93.2 Å². The number of piperidine rings is 1. The number of hydrogen-bond donors (Lipinski definition) is 4. The lowest BCUT2D eigenvalue weighted by atomic mass is 10.0. The summed E-state index contributed by atoms with van der Waals surface area (Å²) in [7, 11) is 0. The van der Waals surface area contributed by atoms with Crippen LogP contribution in [-0.2, 0) is 13.0 Å². The number of carbonyl (C=O) groups excluding carboxylic acids is 2. The number of H-pyrrole nitrogens is 1. The van der Waals surface area contributed by atoms with E-state index >= 15 is 0 Å². The second-order valence-corrected chi connectivity index (χ2v) is 9.18. The van der Waals surface area contributed by atoms with Crippen molar-refractivity contribution in [1.29, 1.82) is 0 Å². The minimum Gasteiger partial charge on any atom is -0.366 e. The highest BCUT2D eigenvalue weighted by molar-refractivity contribution is 5.99. The summed E-state index contributed by atoms with van der Waals surface area (Å²) in [6, 6.07) is 13.9. The zero-order valence-electron chi connectivity index (χ0n) is 19.3. The maximum atomic E-state index is 12.7. The molecule has 1 saturated heterocycles. The molecule has 0 spiro atoms. The van der Waals surface area contributed by atoms with E-state index in [1.165, 1.54) is 5.56 Å². The van der Waals surface area contributed by atoms with Crippen molar-refractivity contribution in [2.75, 3.05) is 13.1 Å². The van der Waals surface area contributed by atoms with Crippen LogP contribution in [-0.4, -0.2) is 40.5 Å². The number of fused-ring (bicyclic) bond motifs is 2. The number of nitrogens with zero attached hydrogens (tertiary/aromatic N) is 1. The number of amides is 2. The van der Waals surface area contributed by atoms with Crippen LogP contribution < -0.4 is 16.4 Å². The molecule has 0 radical (unpaired) electrons. The minimum absolute atomic E-state index is 0.0137. The van der Waals surface area contributed by atoms with Crippen molar-refractivity contribution in [3.63, 3.8) is 0 Å². The highest BCUT2D eigenvalue weighted by Crippen LogP contribution is 2.23. The first-order valence-electron chi connectivity index (χ1n) is 12.1. The van der Waals surface area contributed by atoms with Crippen LogP contribution in [0.5, 0.6) is 0 Å². The fourth-order valence-electron chi connectivity index (χ4n) is 4.91. The van der Waals surface area contributed by atoms with Crippen LogP contribution in [0.2, 0.25) is 0 Å². The third-order valence-corrected chi connectivity index (χ3v) is 6.85. The number of nitrogens with one attached hydrogen (secondary N) is 3. The number of hydrogen-bond acceptors (Lipinski definition) is 3. The number of carbonyl (C=O) groups is 2. The van der Waals surface area contributed by atoms with E-state index in [0.717, 1.165) is 79.1 Å². The smallest absolute Gasteiger partial charge is 0.251 e. The molecule has 1 aliphatic rings. The molecule has 0 bridgehead atoms. The second-order valence-electron chi connectivity index (χ2n) is 9.18. The summed E-state index contributed by atoms with van der Waals surface area (Å²) >= 11 is 0. The quantitative estimate of drug-likeness (QED) is 0.303. The zero-order chi connectivity index (χ0) is 23.5. The molecule has 5 rings (SSSR count). The molecule has 1 aliphatic heterocycles. The first-order valence-corrected chi connectivity index (χ1v) is 12.1. The number of primary amides is 1. The summed E-state index contributed by atoms with van der Waals surface area (Å²) in [4.78, 5) is 27.5. The maximum absolute atomic E-state index is 12.7. The standard InChI is InChI=1S/C27H31N5O2/c28-26(33)19-4-6-24-23(16-19)21(17-30-24)3-1-2-13-32-14-10-18-15-20(5-7-25(18)32)27(34)31-22-8-11-29-12-9-22/h4-7,10,14-17,22,29-30H,1-3,8-9,11-13H2,(H2,28,33)(H,31,34). The van der Waals surface area contributed by atoms with Gasteiger partial charge in [0, 0.05) is 57.9 Å². The summed E-state index contributed by atoms with van der Waals surface area (Å²) in [6.07, 6.45) is 9.09. The topological polar surface area (TPSA) is 105 Å². The van der Waals surface area contributed by atoms with Crippen LogP contribution in [0.4, 0.5) is 0 Å². The number of aryl methyl sites for hydroxylation is 2. The van der Waals surface area contributed by atoms with Crippen molar-refractivity contribution in [3.8, 4) is 0 Å². The number of nitrogens with two attached hydrogens (primary N) is 1. The van der Waals surface area contributed by atoms with Crippen LogP contribution in [0.1, 0.15) is 52.0 Å². The van der Waals surface area contributed by atoms with Gasteiger partial charge in [-0.3, -0.25) is 9.59 Å². The Morgan fingerprint density at radius 3 is 2.68 bits per heavy atom. The maximum Gasteiger partial charge on any atom is 0.251 e. The van der Waals surface area contributed by atoms with Crippen molar-refractivity contribution < 1.29 is 9.59 Å². The summed E-state index contributed by atoms with van der Waals surface area (Å²) in [5.74, 6) is -0.389. The van der Waals surface area contributed by atoms with Crippen molar-refractivity contribution in [2.45, 2.75) is 44.7 Å². The monoisotopic (exact) mass is 457 g/mol. The molecule has 2 aromatic carbocycles. The van der Waals surface area contributed by atoms with E-state index in [1.54, 1.807) is 6.07 Å². The predicted molar refractivity (Wildman–Crippen MR) is 135 cm³/mol. The molecule has 0 atom stereocenters. The number of benzene rings is 2. The van der Waals surface area contributed by atoms with Gasteiger partial charge in [0.25, 0.3) is 5.91 Å². The predicted octanol–water partition coefficient (Wildman–Crippen LogP) is 3.73. The van der Waals surface area contributed by atoms with Crippen LogP contribution in [0, 0.1) is 0 Å². The molecule has 2 aromatic heterocycles. The molecule has 176 valence electrons. The Hall–Kier alpha value is -3.58. The number of aromatic nitrogens is 2. The van der Waals surface area contributed by atoms with Gasteiger partial charge in [0.2, 0.25) is 5.91 Å². The van der Waals surface area contributed by atoms with Crippen LogP contribution in [0.3, 0.4) is 0 Å². The number of unbranched alkanes of at least 4 members (excludes halogenated alkanes) is 1. The van der Waals surface area contributed by atoms with Gasteiger partial charge in [-0.1, -0.05) is 0 Å². The largest absolute Gasteiger partial charge is 0.366 e. The van der Waals surface area contributed by atoms with Gasteiger partial charge in [0.1, 0.15) is 0 Å². The summed E-state index contributed by atoms with van der Waals surface area (Å²) in [6.45, 7) is 2.84. The Balaban J connectivity index is 1.19. The minimum atomic E-state index is -0.402. The fraction of sp³-hybridized carbons (Fsp3) is 0.333. The summed E-state index contributed by atoms with van der Waals surface area (Å²) in [5.41, 5.74) is 10.1. The SMILES string of the molecule is NC(=O)c1ccc2[nH]cc(CCCCn3ccc4cc(C(=O)NC5CCNCC5)ccc43)c2c1. The van der Waals surface area contributed by atoms with E-state index in [-0.39, 0.29) is 11.9 Å². The Bertz CT molecular complexity index is 1330. The molecule has 0 unspecified atom stereocenters. The van der Waals surface area contributed by atoms with E-state index in [9.17, 15) is 9.59 Å². The highest BCUT2D eigenvalue weighted by Gasteiger charge is 2.17. The molecule has 7 heteroatoms. The molecule has 34 heavy (non-hydrogen) atoms. The van der Waals surface area contributed by atoms with Gasteiger partial charge in [0.05, 0.1) is 0 Å². The number of aromatic amines is 1. The second kappa shape index (κ2) is 9.73. The van der Waals surface area contributed by atoms with Crippen LogP contribution >= 0.6 is 0 Å². The molecule has 4 aromatic rings. The Morgan fingerprint density at radius 2 is 1.85 bits per heavy atom. The summed E-state index contributed by atoms with van der Waals surface area (Å²) in [5, 5.41) is 8.65. The van der Waals surface area contributed by atoms with Gasteiger partial charge in [-0.15, -0.1) is 0 Å². The van der Waals surface area contributed by atoms with Crippen molar-refractivity contribution in [2.24, 2.45) is 5.73 Å². The van der Waals surface area contributed by atoms with Crippen molar-refractivity contribution >= 4 is 33.6 Å². The fourth-order valence-corrected chi connectivity index (χ4v) is 4.91. The van der Waals surface area contributed by atoms with Crippen molar-refractivity contribution in [3.05, 3.63) is 71.5 Å². The van der Waals surface area contributed by atoms with Gasteiger partial charge < -0.3 is 25.9 Å². The Kier molecular flexibility index (Phi) is 6.36. The molecule has 2 amide bonds. The molecule has 7 nitrogen and oxygen atoms in total. The third-order valence-electron chi connectivity index (χ3n) is 6.85. The van der Waals surface area contributed by atoms with Crippen molar-refractivity contribution in [1.82, 2.24) is 20.2 Å². The lowest BCUT2D eigenvalue weighted by Crippen LogP contribution is -2.42. The van der Waals surface area contributed by atoms with Crippen LogP contribution in [0.15, 0.2) is 54.9 Å². The lowest BCUT2D eigenvalue weighted by molar-refractivity contribution is 0.0928. The average Bonchev–Trinajstić information content (AvgIpc) is 3.45. The zero-order valence-corrected chi connectivity index (χ0v) is 19.3. The lowest BCUT2D eigenvalue weighted by Gasteiger charge is -2.23. The Morgan fingerprint density at radius 1 is 1.03 bits per heavy atom. The third kappa shape index (κ3) is 4.70. The van der Waals surface area contributed by atoms with E-state index < -0.39 is 5.91 Å². The van der Waals surface area contributed by atoms with Gasteiger partial charge in [-0.2, -0.15) is 0 Å². The normalized spacial score (nSPS) is 14.6. The van der Waals surface area contributed by atoms with Gasteiger partial charge >= 0.3 is 0 Å². The van der Waals surface area contributed by atoms with Gasteiger partial charge in [-0.25, -0.2) is 0 Å². The Labute approximate surface area is 198 Å². The molecule has 0 saturated carbocycles. The van der Waals surface area contributed by atoms with Gasteiger partial charge in [0.15, 0.2) is 0 Å². The number of rotatable bonds is 8. The first kappa shape index (κ1) is 22.2. The van der Waals surface area contributed by atoms with E-state index in [4.69, 9.17) is 5.73 Å². The van der Waals surface area contributed by atoms with E-state index in [1.807, 2.05) is 30.5 Å². The van der Waals surface area contributed by atoms with E-state index in [2.05, 4.69) is 38.5 Å². The van der Waals surface area contributed by atoms with E-state index in [0.29, 0.717) is 5.56 Å². The summed E-state index contributed by atoms with van der Waals surface area (Å²) < 4.78 is 2.25. The highest BCUT2D eigenvalue weighted by atomic mass is 16.2. The molecule has 0 aliphatic carbocycles. The average molecular weight is 458 g/mol. The molecule has 1 fully saturated rings. The molecule has 3 heterocycles. The first-order chi connectivity index (χ1) is 16.6. The molecule has 5 N–H and O–H groups in total.